The Morgan fingerprint density at radius 2 is 2.12 bits per heavy atom. The molecule has 90 valence electrons. The molecule has 0 aromatic rings. The molecule has 0 unspecified atom stereocenters. The van der Waals surface area contributed by atoms with Gasteiger partial charge in [-0.05, 0) is 51.4 Å². The molecule has 0 radical (unpaired) electrons. The minimum Gasteiger partial charge on any atom is -0.390 e. The smallest absolute Gasteiger partial charge is 0.0687 e. The predicted octanol–water partition coefficient (Wildman–Crippen LogP) is 3.70. The summed E-state index contributed by atoms with van der Waals surface area (Å²) in [7, 11) is 0. The monoisotopic (exact) mass is 220 g/mol. The van der Waals surface area contributed by atoms with Crippen molar-refractivity contribution in [3.05, 3.63) is 23.8 Å². The Bertz CT molecular complexity index is 350. The number of aliphatic hydroxyl groups is 1. The molecule has 1 saturated carbocycles. The highest BCUT2D eigenvalue weighted by Crippen LogP contribution is 2.57. The number of fused-ring (bicyclic) bond motifs is 2. The molecule has 2 rings (SSSR count). The van der Waals surface area contributed by atoms with Gasteiger partial charge in [0.2, 0.25) is 0 Å². The second-order valence-corrected chi connectivity index (χ2v) is 6.31. The van der Waals surface area contributed by atoms with Crippen LogP contribution in [0.25, 0.3) is 0 Å². The summed E-state index contributed by atoms with van der Waals surface area (Å²) < 4.78 is 0. The fraction of sp³-hybridized carbons (Fsp3) is 0.733. The molecule has 0 spiro atoms. The number of allylic oxidation sites excluding steroid dienone is 2. The molecule has 0 aromatic carbocycles. The lowest BCUT2D eigenvalue weighted by Gasteiger charge is -2.55. The molecule has 0 amide bonds. The van der Waals surface area contributed by atoms with Crippen molar-refractivity contribution in [1.29, 1.82) is 0 Å². The molecule has 1 N–H and O–H groups in total. The molecule has 2 aliphatic carbocycles. The van der Waals surface area contributed by atoms with Crippen molar-refractivity contribution in [2.75, 3.05) is 0 Å². The Hall–Kier alpha value is -0.560. The number of hydrogen-bond acceptors (Lipinski definition) is 1. The third-order valence-corrected chi connectivity index (χ3v) is 5.17. The summed E-state index contributed by atoms with van der Waals surface area (Å²) >= 11 is 0. The van der Waals surface area contributed by atoms with Crippen LogP contribution in [0.2, 0.25) is 0 Å². The zero-order chi connectivity index (χ0) is 12.1. The van der Waals surface area contributed by atoms with Gasteiger partial charge >= 0.3 is 0 Å². The van der Waals surface area contributed by atoms with Gasteiger partial charge in [0.25, 0.3) is 0 Å². The third-order valence-electron chi connectivity index (χ3n) is 5.17. The number of hydrogen-bond donors (Lipinski definition) is 1. The molecule has 4 atom stereocenters. The summed E-state index contributed by atoms with van der Waals surface area (Å²) in [5, 5.41) is 10.6. The molecule has 1 nitrogen and oxygen atoms in total. The zero-order valence-corrected chi connectivity index (χ0v) is 11.0. The van der Waals surface area contributed by atoms with Crippen molar-refractivity contribution >= 4 is 0 Å². The molecular formula is C15H24O. The standard InChI is InChI=1S/C15H24O/c1-10(2)15-7-6-11(3)13(9-15)14(5,16)8-12(15)4/h6,12-13,16H,1,7-9H2,2-5H3/t12-,13+,14+,15-/m1/s1. The summed E-state index contributed by atoms with van der Waals surface area (Å²) in [5.74, 6) is 0.856. The summed E-state index contributed by atoms with van der Waals surface area (Å²) in [6, 6.07) is 0. The van der Waals surface area contributed by atoms with E-state index in [-0.39, 0.29) is 5.41 Å². The first-order valence-corrected chi connectivity index (χ1v) is 6.34. The molecule has 1 heteroatoms. The molecule has 0 saturated heterocycles. The van der Waals surface area contributed by atoms with Crippen LogP contribution in [0.1, 0.15) is 47.0 Å². The molecule has 0 aromatic heterocycles. The van der Waals surface area contributed by atoms with Crippen molar-refractivity contribution in [1.82, 2.24) is 0 Å². The van der Waals surface area contributed by atoms with Gasteiger partial charge in [-0.15, -0.1) is 0 Å². The molecular weight excluding hydrogens is 196 g/mol. The molecule has 2 aliphatic rings. The Morgan fingerprint density at radius 1 is 1.50 bits per heavy atom. The maximum atomic E-state index is 10.6. The highest BCUT2D eigenvalue weighted by atomic mass is 16.3. The predicted molar refractivity (Wildman–Crippen MR) is 68.1 cm³/mol. The minimum atomic E-state index is -0.528. The van der Waals surface area contributed by atoms with Crippen LogP contribution in [-0.4, -0.2) is 10.7 Å². The molecule has 1 fully saturated rings. The van der Waals surface area contributed by atoms with E-state index in [1.807, 2.05) is 6.92 Å². The first kappa shape index (κ1) is 11.9. The van der Waals surface area contributed by atoms with Crippen molar-refractivity contribution in [3.63, 3.8) is 0 Å². The summed E-state index contributed by atoms with van der Waals surface area (Å²) in [4.78, 5) is 0. The van der Waals surface area contributed by atoms with E-state index < -0.39 is 5.60 Å². The van der Waals surface area contributed by atoms with Crippen LogP contribution in [0.15, 0.2) is 23.8 Å². The molecule has 0 aliphatic heterocycles. The molecule has 2 bridgehead atoms. The van der Waals surface area contributed by atoms with E-state index in [1.165, 1.54) is 11.1 Å². The largest absolute Gasteiger partial charge is 0.390 e. The van der Waals surface area contributed by atoms with E-state index in [9.17, 15) is 5.11 Å². The maximum Gasteiger partial charge on any atom is 0.0687 e. The van der Waals surface area contributed by atoms with Gasteiger partial charge in [-0.2, -0.15) is 0 Å². The SMILES string of the molecule is C=C(C)[C@@]12CC=C(C)[C@H](C1)[C@@](C)(O)C[C@H]2C. The Kier molecular flexibility index (Phi) is 2.58. The van der Waals surface area contributed by atoms with Crippen LogP contribution in [0.3, 0.4) is 0 Å². The average Bonchev–Trinajstić information content (AvgIpc) is 2.15. The van der Waals surface area contributed by atoms with Crippen molar-refractivity contribution in [3.8, 4) is 0 Å². The lowest BCUT2D eigenvalue weighted by Crippen LogP contribution is -2.51. The molecule has 16 heavy (non-hydrogen) atoms. The van der Waals surface area contributed by atoms with E-state index in [0.717, 1.165) is 19.3 Å². The van der Waals surface area contributed by atoms with Gasteiger partial charge in [-0.25, -0.2) is 0 Å². The quantitative estimate of drug-likeness (QED) is 0.668. The Labute approximate surface area is 99.3 Å². The van der Waals surface area contributed by atoms with Crippen LogP contribution in [-0.2, 0) is 0 Å². The van der Waals surface area contributed by atoms with E-state index in [1.54, 1.807) is 0 Å². The van der Waals surface area contributed by atoms with Gasteiger partial charge in [0.1, 0.15) is 0 Å². The van der Waals surface area contributed by atoms with E-state index in [2.05, 4.69) is 33.4 Å². The van der Waals surface area contributed by atoms with Gasteiger partial charge < -0.3 is 5.11 Å². The van der Waals surface area contributed by atoms with E-state index in [4.69, 9.17) is 0 Å². The number of rotatable bonds is 1. The first-order chi connectivity index (χ1) is 7.29. The van der Waals surface area contributed by atoms with E-state index >= 15 is 0 Å². The fourth-order valence-electron chi connectivity index (χ4n) is 3.93. The van der Waals surface area contributed by atoms with Gasteiger partial charge in [0, 0.05) is 5.92 Å². The summed E-state index contributed by atoms with van der Waals surface area (Å²) in [6.07, 6.45) is 5.42. The van der Waals surface area contributed by atoms with Crippen LogP contribution in [0, 0.1) is 17.3 Å². The second kappa shape index (κ2) is 3.46. The highest BCUT2D eigenvalue weighted by molar-refractivity contribution is 5.26. The Morgan fingerprint density at radius 3 is 2.69 bits per heavy atom. The van der Waals surface area contributed by atoms with Crippen LogP contribution >= 0.6 is 0 Å². The lowest BCUT2D eigenvalue weighted by molar-refractivity contribution is -0.0805. The summed E-state index contributed by atoms with van der Waals surface area (Å²) in [6.45, 7) is 12.8. The van der Waals surface area contributed by atoms with Crippen molar-refractivity contribution in [2.45, 2.75) is 52.6 Å². The van der Waals surface area contributed by atoms with Crippen molar-refractivity contribution in [2.24, 2.45) is 17.3 Å². The normalized spacial score (nSPS) is 47.4. The van der Waals surface area contributed by atoms with Crippen LogP contribution in [0.5, 0.6) is 0 Å². The minimum absolute atomic E-state index is 0.242. The highest BCUT2D eigenvalue weighted by Gasteiger charge is 2.52. The topological polar surface area (TPSA) is 20.2 Å². The Balaban J connectivity index is 2.45. The summed E-state index contributed by atoms with van der Waals surface area (Å²) in [5.41, 5.74) is 2.38. The second-order valence-electron chi connectivity index (χ2n) is 6.31. The van der Waals surface area contributed by atoms with Gasteiger partial charge in [-0.1, -0.05) is 30.7 Å². The van der Waals surface area contributed by atoms with Gasteiger partial charge in [-0.3, -0.25) is 0 Å². The van der Waals surface area contributed by atoms with Crippen LogP contribution < -0.4 is 0 Å². The van der Waals surface area contributed by atoms with Crippen molar-refractivity contribution < 1.29 is 5.11 Å². The fourth-order valence-corrected chi connectivity index (χ4v) is 3.93. The maximum absolute atomic E-state index is 10.6. The lowest BCUT2D eigenvalue weighted by atomic mass is 9.51. The third kappa shape index (κ3) is 1.48. The average molecular weight is 220 g/mol. The van der Waals surface area contributed by atoms with E-state index in [0.29, 0.717) is 11.8 Å². The van der Waals surface area contributed by atoms with Gasteiger partial charge in [0.15, 0.2) is 0 Å². The first-order valence-electron chi connectivity index (χ1n) is 6.34. The van der Waals surface area contributed by atoms with Crippen LogP contribution in [0.4, 0.5) is 0 Å². The molecule has 0 heterocycles. The zero-order valence-electron chi connectivity index (χ0n) is 11.0. The van der Waals surface area contributed by atoms with Gasteiger partial charge in [0.05, 0.1) is 5.60 Å².